The number of aryl methyl sites for hydroxylation is 1. The van der Waals surface area contributed by atoms with E-state index >= 15 is 0 Å². The minimum atomic E-state index is -0.889. The lowest BCUT2D eigenvalue weighted by molar-refractivity contribution is 0.0683. The Kier molecular flexibility index (Phi) is 3.95. The van der Waals surface area contributed by atoms with E-state index in [1.54, 1.807) is 0 Å². The molecule has 18 heavy (non-hydrogen) atoms. The Morgan fingerprint density at radius 3 is 2.72 bits per heavy atom. The number of carbonyl (C=O) groups is 1. The predicted molar refractivity (Wildman–Crippen MR) is 72.6 cm³/mol. The smallest absolute Gasteiger partial charge is 0.349 e. The molecule has 1 aromatic rings. The summed E-state index contributed by atoms with van der Waals surface area (Å²) in [6.45, 7) is 6.44. The van der Waals surface area contributed by atoms with E-state index in [4.69, 9.17) is 9.84 Å². The van der Waals surface area contributed by atoms with E-state index in [9.17, 15) is 4.79 Å². The van der Waals surface area contributed by atoms with Crippen molar-refractivity contribution in [2.75, 3.05) is 0 Å². The summed E-state index contributed by atoms with van der Waals surface area (Å²) in [7, 11) is 0. The molecule has 100 valence electrons. The second kappa shape index (κ2) is 5.31. The topological polar surface area (TPSA) is 46.5 Å². The molecule has 1 saturated carbocycles. The molecule has 1 aliphatic rings. The van der Waals surface area contributed by atoms with E-state index < -0.39 is 5.97 Å². The van der Waals surface area contributed by atoms with Crippen molar-refractivity contribution in [2.24, 2.45) is 11.8 Å². The second-order valence-electron chi connectivity index (χ2n) is 5.36. The highest BCUT2D eigenvalue weighted by atomic mass is 32.1. The van der Waals surface area contributed by atoms with E-state index in [-0.39, 0.29) is 6.10 Å². The largest absolute Gasteiger partial charge is 0.489 e. The van der Waals surface area contributed by atoms with E-state index in [1.165, 1.54) is 11.3 Å². The van der Waals surface area contributed by atoms with Gasteiger partial charge in [0.15, 0.2) is 4.88 Å². The van der Waals surface area contributed by atoms with E-state index in [2.05, 4.69) is 13.8 Å². The van der Waals surface area contributed by atoms with Crippen molar-refractivity contribution < 1.29 is 14.6 Å². The summed E-state index contributed by atoms with van der Waals surface area (Å²) in [5.41, 5.74) is 0. The highest BCUT2D eigenvalue weighted by molar-refractivity contribution is 7.14. The molecule has 3 atom stereocenters. The molecule has 2 rings (SSSR count). The summed E-state index contributed by atoms with van der Waals surface area (Å²) in [5, 5.41) is 9.13. The first kappa shape index (κ1) is 13.4. The lowest BCUT2D eigenvalue weighted by atomic mass is 9.80. The highest BCUT2D eigenvalue weighted by Crippen LogP contribution is 2.35. The van der Waals surface area contributed by atoms with Gasteiger partial charge in [0, 0.05) is 4.88 Å². The maximum atomic E-state index is 11.1. The number of carboxylic acid groups (broad SMARTS) is 1. The molecule has 4 heteroatoms. The third-order valence-corrected chi connectivity index (χ3v) is 4.88. The molecule has 0 aromatic carbocycles. The van der Waals surface area contributed by atoms with Gasteiger partial charge in [-0.2, -0.15) is 0 Å². The third-order valence-electron chi connectivity index (χ3n) is 3.86. The zero-order valence-corrected chi connectivity index (χ0v) is 11.9. The molecule has 0 saturated heterocycles. The second-order valence-corrected chi connectivity index (χ2v) is 6.62. The molecule has 1 N–H and O–H groups in total. The van der Waals surface area contributed by atoms with Crippen LogP contribution >= 0.6 is 11.3 Å². The van der Waals surface area contributed by atoms with E-state index in [1.807, 2.05) is 13.0 Å². The van der Waals surface area contributed by atoms with Crippen molar-refractivity contribution >= 4 is 17.3 Å². The van der Waals surface area contributed by atoms with Gasteiger partial charge in [-0.3, -0.25) is 0 Å². The number of rotatable bonds is 3. The fourth-order valence-electron chi connectivity index (χ4n) is 2.51. The van der Waals surface area contributed by atoms with Crippen molar-refractivity contribution in [1.82, 2.24) is 0 Å². The zero-order valence-electron chi connectivity index (χ0n) is 11.1. The molecule has 0 radical (unpaired) electrons. The maximum Gasteiger partial charge on any atom is 0.349 e. The van der Waals surface area contributed by atoms with Crippen molar-refractivity contribution in [3.63, 3.8) is 0 Å². The molecule has 1 aromatic heterocycles. The summed E-state index contributed by atoms with van der Waals surface area (Å²) < 4.78 is 5.92. The van der Waals surface area contributed by atoms with Gasteiger partial charge in [0.25, 0.3) is 0 Å². The molecule has 0 amide bonds. The van der Waals surface area contributed by atoms with Gasteiger partial charge in [-0.1, -0.05) is 13.8 Å². The Balaban J connectivity index is 2.07. The quantitative estimate of drug-likeness (QED) is 0.902. The summed E-state index contributed by atoms with van der Waals surface area (Å²) in [6, 6.07) is 1.84. The SMILES string of the molecule is Cc1cc(OC2CCC(C)C(C)C2)c(C(=O)O)s1. The van der Waals surface area contributed by atoms with Crippen LogP contribution in [0.15, 0.2) is 6.07 Å². The maximum absolute atomic E-state index is 11.1. The number of hydrogen-bond donors (Lipinski definition) is 1. The first-order valence-electron chi connectivity index (χ1n) is 6.47. The highest BCUT2D eigenvalue weighted by Gasteiger charge is 2.27. The van der Waals surface area contributed by atoms with E-state index in [0.717, 1.165) is 30.1 Å². The average Bonchev–Trinajstić information content (AvgIpc) is 2.65. The van der Waals surface area contributed by atoms with Crippen LogP contribution in [0, 0.1) is 18.8 Å². The molecular formula is C14H20O3S. The first-order valence-corrected chi connectivity index (χ1v) is 7.29. The van der Waals surface area contributed by atoms with Crippen molar-refractivity contribution in [2.45, 2.75) is 46.1 Å². The molecule has 0 aliphatic heterocycles. The normalized spacial score (nSPS) is 28.1. The minimum Gasteiger partial charge on any atom is -0.489 e. The number of aromatic carboxylic acids is 1. The number of hydrogen-bond acceptors (Lipinski definition) is 3. The zero-order chi connectivity index (χ0) is 13.3. The van der Waals surface area contributed by atoms with Crippen LogP contribution in [0.4, 0.5) is 0 Å². The van der Waals surface area contributed by atoms with Gasteiger partial charge < -0.3 is 9.84 Å². The van der Waals surface area contributed by atoms with Crippen molar-refractivity contribution in [3.05, 3.63) is 15.8 Å². The molecule has 0 bridgehead atoms. The van der Waals surface area contributed by atoms with Gasteiger partial charge in [0.2, 0.25) is 0 Å². The Morgan fingerprint density at radius 1 is 1.39 bits per heavy atom. The lowest BCUT2D eigenvalue weighted by Crippen LogP contribution is -2.29. The Labute approximate surface area is 112 Å². The number of carboxylic acids is 1. The summed E-state index contributed by atoms with van der Waals surface area (Å²) in [4.78, 5) is 12.4. The van der Waals surface area contributed by atoms with Gasteiger partial charge in [0.05, 0.1) is 6.10 Å². The molecule has 1 aliphatic carbocycles. The molecule has 3 nitrogen and oxygen atoms in total. The van der Waals surface area contributed by atoms with Crippen LogP contribution < -0.4 is 4.74 Å². The minimum absolute atomic E-state index is 0.170. The van der Waals surface area contributed by atoms with Crippen LogP contribution in [-0.4, -0.2) is 17.2 Å². The number of thiophene rings is 1. The monoisotopic (exact) mass is 268 g/mol. The molecule has 3 unspecified atom stereocenters. The van der Waals surface area contributed by atoms with Crippen LogP contribution in [0.3, 0.4) is 0 Å². The Morgan fingerprint density at radius 2 is 2.11 bits per heavy atom. The Bertz CT molecular complexity index is 438. The van der Waals surface area contributed by atoms with Crippen molar-refractivity contribution in [3.8, 4) is 5.75 Å². The van der Waals surface area contributed by atoms with Crippen LogP contribution in [0.25, 0.3) is 0 Å². The van der Waals surface area contributed by atoms with Crippen LogP contribution in [0.5, 0.6) is 5.75 Å². The standard InChI is InChI=1S/C14H20O3S/c1-8-4-5-11(6-9(8)2)17-12-7-10(3)18-13(12)14(15)16/h7-9,11H,4-6H2,1-3H3,(H,15,16). The first-order chi connectivity index (χ1) is 8.47. The molecule has 1 heterocycles. The van der Waals surface area contributed by atoms with E-state index in [0.29, 0.717) is 16.5 Å². The summed E-state index contributed by atoms with van der Waals surface area (Å²) in [5.74, 6) is 1.06. The van der Waals surface area contributed by atoms with Crippen LogP contribution in [-0.2, 0) is 0 Å². The predicted octanol–water partition coefficient (Wildman–Crippen LogP) is 3.96. The fourth-order valence-corrected chi connectivity index (χ4v) is 3.30. The summed E-state index contributed by atoms with van der Waals surface area (Å²) >= 11 is 1.29. The van der Waals surface area contributed by atoms with Crippen LogP contribution in [0.2, 0.25) is 0 Å². The van der Waals surface area contributed by atoms with Crippen molar-refractivity contribution in [1.29, 1.82) is 0 Å². The van der Waals surface area contributed by atoms with Gasteiger partial charge in [-0.05, 0) is 44.1 Å². The van der Waals surface area contributed by atoms with Crippen LogP contribution in [0.1, 0.15) is 47.7 Å². The third kappa shape index (κ3) is 2.86. The summed E-state index contributed by atoms with van der Waals surface area (Å²) in [6.07, 6.45) is 3.38. The molecule has 0 spiro atoms. The van der Waals surface area contributed by atoms with Gasteiger partial charge in [-0.25, -0.2) is 4.79 Å². The van der Waals surface area contributed by atoms with Gasteiger partial charge >= 0.3 is 5.97 Å². The lowest BCUT2D eigenvalue weighted by Gasteiger charge is -2.32. The average molecular weight is 268 g/mol. The van der Waals surface area contributed by atoms with Gasteiger partial charge in [-0.15, -0.1) is 11.3 Å². The number of ether oxygens (including phenoxy) is 1. The Hall–Kier alpha value is -1.03. The van der Waals surface area contributed by atoms with Gasteiger partial charge in [0.1, 0.15) is 5.75 Å². The molecule has 1 fully saturated rings. The molecular weight excluding hydrogens is 248 g/mol. The fraction of sp³-hybridized carbons (Fsp3) is 0.643.